The van der Waals surface area contributed by atoms with Crippen LogP contribution in [0.15, 0.2) is 0 Å². The van der Waals surface area contributed by atoms with Crippen LogP contribution < -0.4 is 0 Å². The molecule has 0 spiro atoms. The van der Waals surface area contributed by atoms with Crippen LogP contribution in [-0.2, 0) is 20.4 Å². The van der Waals surface area contributed by atoms with Gasteiger partial charge in [0.2, 0.25) is 0 Å². The molecule has 1 aliphatic heterocycles. The van der Waals surface area contributed by atoms with Gasteiger partial charge in [0.05, 0.1) is 6.10 Å². The molecule has 1 rings (SSSR count). The Hall–Kier alpha value is 0.582. The van der Waals surface area contributed by atoms with Crippen molar-refractivity contribution >= 4 is 0 Å². The van der Waals surface area contributed by atoms with Crippen molar-refractivity contribution < 1.29 is 25.5 Å². The fourth-order valence-electron chi connectivity index (χ4n) is 2.14. The minimum Gasteiger partial charge on any atom is -0.652 e. The standard InChI is InChI=1S/C9H18NO.Re/c1-8(2)5-7(11)6-9(3,4)10-8;/h7,11H,5-6H2,1-4H3;/q-1;. The molecular formula is C9H18NORe-. The Bertz CT molecular complexity index is 141. The molecule has 3 heteroatoms. The Morgan fingerprint density at radius 3 is 1.67 bits per heavy atom. The molecule has 0 amide bonds. The SMILES string of the molecule is CC1(C)CC(O)CC(C)(C)[N-]1.[Re]. The molecule has 0 aromatic heterocycles. The minimum absolute atomic E-state index is 0. The van der Waals surface area contributed by atoms with Gasteiger partial charge >= 0.3 is 0 Å². The maximum absolute atomic E-state index is 9.52. The summed E-state index contributed by atoms with van der Waals surface area (Å²) in [6.45, 7) is 8.32. The van der Waals surface area contributed by atoms with E-state index in [1.165, 1.54) is 0 Å². The van der Waals surface area contributed by atoms with Gasteiger partial charge in [0.25, 0.3) is 0 Å². The average molecular weight is 342 g/mol. The quantitative estimate of drug-likeness (QED) is 0.718. The van der Waals surface area contributed by atoms with E-state index in [1.807, 2.05) is 0 Å². The Morgan fingerprint density at radius 2 is 1.42 bits per heavy atom. The second kappa shape index (κ2) is 3.76. The van der Waals surface area contributed by atoms with E-state index in [0.717, 1.165) is 12.8 Å². The van der Waals surface area contributed by atoms with E-state index in [2.05, 4.69) is 33.0 Å². The van der Waals surface area contributed by atoms with E-state index >= 15 is 0 Å². The van der Waals surface area contributed by atoms with E-state index in [1.54, 1.807) is 0 Å². The summed E-state index contributed by atoms with van der Waals surface area (Å²) >= 11 is 0. The van der Waals surface area contributed by atoms with Crippen molar-refractivity contribution in [1.29, 1.82) is 0 Å². The van der Waals surface area contributed by atoms with Crippen LogP contribution in [-0.4, -0.2) is 22.3 Å². The zero-order chi connectivity index (χ0) is 8.70. The van der Waals surface area contributed by atoms with Gasteiger partial charge in [-0.05, 0) is 12.8 Å². The van der Waals surface area contributed by atoms with Gasteiger partial charge in [0, 0.05) is 20.4 Å². The summed E-state index contributed by atoms with van der Waals surface area (Å²) in [5, 5.41) is 14.2. The van der Waals surface area contributed by atoms with Gasteiger partial charge in [-0.1, -0.05) is 27.7 Å². The summed E-state index contributed by atoms with van der Waals surface area (Å²) in [4.78, 5) is 0. The van der Waals surface area contributed by atoms with Crippen LogP contribution in [0.1, 0.15) is 40.5 Å². The van der Waals surface area contributed by atoms with Crippen molar-refractivity contribution in [3.05, 3.63) is 5.32 Å². The molecule has 0 bridgehead atoms. The summed E-state index contributed by atoms with van der Waals surface area (Å²) in [7, 11) is 0. The molecule has 1 saturated heterocycles. The van der Waals surface area contributed by atoms with E-state index < -0.39 is 0 Å². The van der Waals surface area contributed by atoms with Crippen molar-refractivity contribution in [2.75, 3.05) is 0 Å². The number of piperidine rings is 1. The summed E-state index contributed by atoms with van der Waals surface area (Å²) in [6, 6.07) is 0. The minimum atomic E-state index is -0.169. The fourth-order valence-corrected chi connectivity index (χ4v) is 2.14. The first-order chi connectivity index (χ1) is 4.81. The smallest absolute Gasteiger partial charge is 0.0517 e. The van der Waals surface area contributed by atoms with Crippen molar-refractivity contribution in [3.8, 4) is 0 Å². The van der Waals surface area contributed by atoms with E-state index in [4.69, 9.17) is 0 Å². The van der Waals surface area contributed by atoms with E-state index in [9.17, 15) is 5.11 Å². The fraction of sp³-hybridized carbons (Fsp3) is 1.00. The van der Waals surface area contributed by atoms with Crippen LogP contribution in [0.25, 0.3) is 5.32 Å². The van der Waals surface area contributed by atoms with E-state index in [-0.39, 0.29) is 37.6 Å². The topological polar surface area (TPSA) is 34.3 Å². The molecule has 1 fully saturated rings. The number of aliphatic hydroxyl groups is 1. The molecule has 1 N–H and O–H groups in total. The molecule has 73 valence electrons. The number of hydrogen-bond donors (Lipinski definition) is 1. The van der Waals surface area contributed by atoms with Gasteiger partial charge < -0.3 is 10.4 Å². The Morgan fingerprint density at radius 1 is 1.08 bits per heavy atom. The monoisotopic (exact) mass is 343 g/mol. The predicted molar refractivity (Wildman–Crippen MR) is 46.8 cm³/mol. The molecule has 1 aliphatic rings. The third-order valence-corrected chi connectivity index (χ3v) is 2.08. The molecule has 0 unspecified atom stereocenters. The molecular weight excluding hydrogens is 324 g/mol. The van der Waals surface area contributed by atoms with Crippen molar-refractivity contribution in [3.63, 3.8) is 0 Å². The molecule has 0 aromatic carbocycles. The normalized spacial score (nSPS) is 27.8. The van der Waals surface area contributed by atoms with Crippen LogP contribution in [0, 0.1) is 0 Å². The second-order valence-corrected chi connectivity index (χ2v) is 4.80. The van der Waals surface area contributed by atoms with Gasteiger partial charge in [-0.15, -0.1) is 11.1 Å². The van der Waals surface area contributed by atoms with Gasteiger partial charge in [-0.25, -0.2) is 0 Å². The van der Waals surface area contributed by atoms with Crippen LogP contribution in [0.4, 0.5) is 0 Å². The molecule has 1 radical (unpaired) electrons. The summed E-state index contributed by atoms with van der Waals surface area (Å²) in [5.41, 5.74) is -0.0810. The van der Waals surface area contributed by atoms with Crippen LogP contribution in [0.5, 0.6) is 0 Å². The Balaban J connectivity index is 0.00000121. The van der Waals surface area contributed by atoms with Crippen molar-refractivity contribution in [1.82, 2.24) is 0 Å². The van der Waals surface area contributed by atoms with Crippen molar-refractivity contribution in [2.45, 2.75) is 57.7 Å². The summed E-state index contributed by atoms with van der Waals surface area (Å²) < 4.78 is 0. The van der Waals surface area contributed by atoms with Crippen LogP contribution in [0.2, 0.25) is 0 Å². The summed E-state index contributed by atoms with van der Waals surface area (Å²) in [5.74, 6) is 0. The number of aliphatic hydroxyl groups excluding tert-OH is 1. The average Bonchev–Trinajstić information content (AvgIpc) is 1.49. The first-order valence-electron chi connectivity index (χ1n) is 4.23. The van der Waals surface area contributed by atoms with Gasteiger partial charge in [-0.3, -0.25) is 0 Å². The van der Waals surface area contributed by atoms with Gasteiger partial charge in [-0.2, -0.15) is 0 Å². The molecule has 0 aliphatic carbocycles. The zero-order valence-electron chi connectivity index (χ0n) is 8.26. The maximum Gasteiger partial charge on any atom is 0.0517 e. The Kier molecular flexibility index (Phi) is 3.94. The van der Waals surface area contributed by atoms with Crippen LogP contribution >= 0.6 is 0 Å². The largest absolute Gasteiger partial charge is 0.652 e. The molecule has 1 heterocycles. The van der Waals surface area contributed by atoms with Crippen LogP contribution in [0.3, 0.4) is 0 Å². The third kappa shape index (κ3) is 3.53. The first-order valence-corrected chi connectivity index (χ1v) is 4.23. The predicted octanol–water partition coefficient (Wildman–Crippen LogP) is 2.07. The number of nitrogens with zero attached hydrogens (tertiary/aromatic N) is 1. The molecule has 0 atom stereocenters. The molecule has 2 nitrogen and oxygen atoms in total. The van der Waals surface area contributed by atoms with Gasteiger partial charge in [0.1, 0.15) is 0 Å². The molecule has 0 aromatic rings. The summed E-state index contributed by atoms with van der Waals surface area (Å²) in [6.07, 6.45) is 1.44. The maximum atomic E-state index is 9.52. The number of rotatable bonds is 0. The first kappa shape index (κ1) is 12.6. The van der Waals surface area contributed by atoms with Gasteiger partial charge in [0.15, 0.2) is 0 Å². The van der Waals surface area contributed by atoms with E-state index in [0.29, 0.717) is 0 Å². The van der Waals surface area contributed by atoms with Crippen molar-refractivity contribution in [2.24, 2.45) is 0 Å². The molecule has 0 saturated carbocycles. The second-order valence-electron chi connectivity index (χ2n) is 4.80. The zero-order valence-corrected chi connectivity index (χ0v) is 11.0. The number of hydrogen-bond acceptors (Lipinski definition) is 1. The Labute approximate surface area is 88.8 Å². The molecule has 12 heavy (non-hydrogen) atoms. The third-order valence-electron chi connectivity index (χ3n) is 2.08.